The first-order valence-corrected chi connectivity index (χ1v) is 10.6. The molecule has 3 N–H and O–H groups in total. The van der Waals surface area contributed by atoms with Crippen LogP contribution in [0.1, 0.15) is 30.9 Å². The summed E-state index contributed by atoms with van der Waals surface area (Å²) in [5.41, 5.74) is 1.62. The number of nitrogens with one attached hydrogen (secondary N) is 2. The monoisotopic (exact) mass is 432 g/mol. The van der Waals surface area contributed by atoms with Crippen LogP contribution in [0.4, 0.5) is 8.78 Å². The number of nitrogens with zero attached hydrogens (tertiary/aromatic N) is 2. The molecular formula is C23H30F2N4O2. The van der Waals surface area contributed by atoms with Crippen molar-refractivity contribution in [2.45, 2.75) is 38.9 Å². The second-order valence-electron chi connectivity index (χ2n) is 7.64. The molecule has 168 valence electrons. The summed E-state index contributed by atoms with van der Waals surface area (Å²) < 4.78 is 32.4. The highest BCUT2D eigenvalue weighted by molar-refractivity contribution is 5.80. The van der Waals surface area contributed by atoms with E-state index in [2.05, 4.69) is 20.5 Å². The van der Waals surface area contributed by atoms with E-state index in [1.165, 1.54) is 25.3 Å². The van der Waals surface area contributed by atoms with Crippen LogP contribution in [0.25, 0.3) is 0 Å². The smallest absolute Gasteiger partial charge is 0.191 e. The Balaban J connectivity index is 1.51. The Labute approximate surface area is 181 Å². The summed E-state index contributed by atoms with van der Waals surface area (Å²) in [4.78, 5) is 6.85. The third-order valence-corrected chi connectivity index (χ3v) is 5.33. The maximum atomic E-state index is 13.9. The summed E-state index contributed by atoms with van der Waals surface area (Å²) in [5.74, 6) is -0.392. The summed E-state index contributed by atoms with van der Waals surface area (Å²) in [7, 11) is 1.46. The van der Waals surface area contributed by atoms with Gasteiger partial charge in [0.1, 0.15) is 0 Å². The molecule has 0 saturated carbocycles. The minimum atomic E-state index is -0.644. The molecule has 0 unspecified atom stereocenters. The van der Waals surface area contributed by atoms with Gasteiger partial charge in [0.15, 0.2) is 29.1 Å². The molecule has 31 heavy (non-hydrogen) atoms. The Morgan fingerprint density at radius 1 is 1.13 bits per heavy atom. The fourth-order valence-corrected chi connectivity index (χ4v) is 3.63. The van der Waals surface area contributed by atoms with Crippen LogP contribution in [0.2, 0.25) is 0 Å². The van der Waals surface area contributed by atoms with Crippen molar-refractivity contribution in [2.75, 3.05) is 26.7 Å². The highest BCUT2D eigenvalue weighted by Gasteiger charge is 2.20. The molecule has 1 saturated heterocycles. The van der Waals surface area contributed by atoms with Gasteiger partial charge in [0.25, 0.3) is 0 Å². The molecular weight excluding hydrogens is 402 g/mol. The summed E-state index contributed by atoms with van der Waals surface area (Å²) in [6.07, 6.45) is 1.88. The van der Waals surface area contributed by atoms with Gasteiger partial charge in [0.05, 0.1) is 13.7 Å². The zero-order valence-electron chi connectivity index (χ0n) is 18.0. The quantitative estimate of drug-likeness (QED) is 0.462. The van der Waals surface area contributed by atoms with Gasteiger partial charge in [-0.2, -0.15) is 0 Å². The maximum Gasteiger partial charge on any atom is 0.191 e. The Morgan fingerprint density at radius 3 is 2.48 bits per heavy atom. The number of rotatable bonds is 7. The van der Waals surface area contributed by atoms with Crippen molar-refractivity contribution >= 4 is 5.96 Å². The second-order valence-corrected chi connectivity index (χ2v) is 7.64. The topological polar surface area (TPSA) is 69.1 Å². The molecule has 0 atom stereocenters. The molecule has 1 heterocycles. The first-order chi connectivity index (χ1) is 15.0. The van der Waals surface area contributed by atoms with Gasteiger partial charge in [-0.25, -0.2) is 13.8 Å². The standard InChI is InChI=1S/C23H30F2N4O2/c1-3-26-23(27-14-16-4-6-21(30)19(24)12-16)28-18-8-10-29(11-9-18)15-17-5-7-22(31-2)20(25)13-17/h4-7,12-13,18,30H,3,8-11,14-15H2,1-2H3,(H2,26,27,28). The Bertz CT molecular complexity index is 899. The molecule has 2 aromatic carbocycles. The number of aromatic hydroxyl groups is 1. The number of aliphatic imine (C=N–C) groups is 1. The molecule has 6 nitrogen and oxygen atoms in total. The van der Waals surface area contributed by atoms with Crippen molar-refractivity contribution in [3.8, 4) is 11.5 Å². The van der Waals surface area contributed by atoms with Crippen molar-refractivity contribution < 1.29 is 18.6 Å². The van der Waals surface area contributed by atoms with Crippen LogP contribution in [0.5, 0.6) is 11.5 Å². The molecule has 2 aromatic rings. The number of piperidine rings is 1. The summed E-state index contributed by atoms with van der Waals surface area (Å²) in [6.45, 7) is 5.52. The van der Waals surface area contributed by atoms with Gasteiger partial charge < -0.3 is 20.5 Å². The molecule has 1 fully saturated rings. The van der Waals surface area contributed by atoms with Crippen LogP contribution in [-0.2, 0) is 13.1 Å². The number of benzene rings is 2. The van der Waals surface area contributed by atoms with Gasteiger partial charge in [-0.15, -0.1) is 0 Å². The second kappa shape index (κ2) is 10.9. The van der Waals surface area contributed by atoms with Crippen LogP contribution in [-0.4, -0.2) is 48.8 Å². The number of phenolic OH excluding ortho intramolecular Hbond substituents is 1. The molecule has 0 bridgehead atoms. The lowest BCUT2D eigenvalue weighted by Gasteiger charge is -2.33. The highest BCUT2D eigenvalue weighted by Crippen LogP contribution is 2.20. The number of likely N-dealkylation sites (tertiary alicyclic amines) is 1. The summed E-state index contributed by atoms with van der Waals surface area (Å²) in [5, 5.41) is 16.0. The van der Waals surface area contributed by atoms with Gasteiger partial charge in [0.2, 0.25) is 0 Å². The van der Waals surface area contributed by atoms with Gasteiger partial charge in [-0.1, -0.05) is 12.1 Å². The molecule has 0 aromatic heterocycles. The van der Waals surface area contributed by atoms with E-state index >= 15 is 0 Å². The van der Waals surface area contributed by atoms with Crippen LogP contribution in [0, 0.1) is 11.6 Å². The average Bonchev–Trinajstić information content (AvgIpc) is 2.76. The van der Waals surface area contributed by atoms with Gasteiger partial charge in [-0.05, 0) is 55.2 Å². The number of methoxy groups -OCH3 is 1. The molecule has 8 heteroatoms. The average molecular weight is 433 g/mol. The van der Waals surface area contributed by atoms with Crippen molar-refractivity contribution in [1.29, 1.82) is 0 Å². The van der Waals surface area contributed by atoms with E-state index in [1.807, 2.05) is 13.0 Å². The van der Waals surface area contributed by atoms with Gasteiger partial charge >= 0.3 is 0 Å². The normalized spacial score (nSPS) is 15.7. The van der Waals surface area contributed by atoms with E-state index in [-0.39, 0.29) is 23.4 Å². The maximum absolute atomic E-state index is 13.9. The predicted molar refractivity (Wildman–Crippen MR) is 117 cm³/mol. The van der Waals surface area contributed by atoms with E-state index < -0.39 is 5.82 Å². The number of hydrogen-bond donors (Lipinski definition) is 3. The Morgan fingerprint density at radius 2 is 1.84 bits per heavy atom. The van der Waals surface area contributed by atoms with E-state index in [9.17, 15) is 13.9 Å². The highest BCUT2D eigenvalue weighted by atomic mass is 19.1. The lowest BCUT2D eigenvalue weighted by atomic mass is 10.0. The zero-order valence-corrected chi connectivity index (χ0v) is 18.0. The van der Waals surface area contributed by atoms with Crippen LogP contribution >= 0.6 is 0 Å². The molecule has 1 aliphatic heterocycles. The summed E-state index contributed by atoms with van der Waals surface area (Å²) in [6, 6.07) is 9.66. The number of halogens is 2. The molecule has 0 spiro atoms. The van der Waals surface area contributed by atoms with E-state index in [1.54, 1.807) is 12.1 Å². The molecule has 0 aliphatic carbocycles. The van der Waals surface area contributed by atoms with E-state index in [0.29, 0.717) is 24.6 Å². The fourth-order valence-electron chi connectivity index (χ4n) is 3.63. The van der Waals surface area contributed by atoms with E-state index in [0.717, 1.165) is 38.0 Å². The van der Waals surface area contributed by atoms with E-state index in [4.69, 9.17) is 4.74 Å². The van der Waals surface area contributed by atoms with Crippen molar-refractivity contribution in [3.05, 3.63) is 59.2 Å². The summed E-state index contributed by atoms with van der Waals surface area (Å²) >= 11 is 0. The predicted octanol–water partition coefficient (Wildman–Crippen LogP) is 3.40. The van der Waals surface area contributed by atoms with Crippen LogP contribution in [0.15, 0.2) is 41.4 Å². The fraction of sp³-hybridized carbons (Fsp3) is 0.435. The molecule has 0 amide bonds. The number of hydrogen-bond acceptors (Lipinski definition) is 4. The number of guanidine groups is 1. The first kappa shape index (κ1) is 22.8. The van der Waals surface area contributed by atoms with Crippen molar-refractivity contribution in [2.24, 2.45) is 4.99 Å². The zero-order chi connectivity index (χ0) is 22.2. The number of ether oxygens (including phenoxy) is 1. The first-order valence-electron chi connectivity index (χ1n) is 10.6. The Hall–Kier alpha value is -2.87. The minimum Gasteiger partial charge on any atom is -0.505 e. The van der Waals surface area contributed by atoms with Crippen LogP contribution in [0.3, 0.4) is 0 Å². The SMILES string of the molecule is CCNC(=NCc1ccc(O)c(F)c1)NC1CCN(Cc2ccc(OC)c(F)c2)CC1. The lowest BCUT2D eigenvalue weighted by molar-refractivity contribution is 0.198. The molecule has 0 radical (unpaired) electrons. The molecule has 3 rings (SSSR count). The minimum absolute atomic E-state index is 0.261. The van der Waals surface area contributed by atoms with Crippen molar-refractivity contribution in [3.63, 3.8) is 0 Å². The lowest BCUT2D eigenvalue weighted by Crippen LogP contribution is -2.48. The number of phenols is 1. The van der Waals surface area contributed by atoms with Gasteiger partial charge in [-0.3, -0.25) is 4.90 Å². The van der Waals surface area contributed by atoms with Gasteiger partial charge in [0, 0.05) is 32.2 Å². The largest absolute Gasteiger partial charge is 0.505 e. The van der Waals surface area contributed by atoms with Crippen molar-refractivity contribution in [1.82, 2.24) is 15.5 Å². The molecule has 1 aliphatic rings. The van der Waals surface area contributed by atoms with Crippen LogP contribution < -0.4 is 15.4 Å². The third-order valence-electron chi connectivity index (χ3n) is 5.33. The Kier molecular flexibility index (Phi) is 8.06. The third kappa shape index (κ3) is 6.55.